The third kappa shape index (κ3) is 12.3. The summed E-state index contributed by atoms with van der Waals surface area (Å²) in [4.78, 5) is 15.8. The number of nitrogens with one attached hydrogen (secondary N) is 3. The van der Waals surface area contributed by atoms with E-state index in [2.05, 4.69) is 20.9 Å². The number of guanidine groups is 1. The summed E-state index contributed by atoms with van der Waals surface area (Å²) >= 11 is 0. The largest absolute Gasteiger partial charge is 0.444 e. The fourth-order valence-electron chi connectivity index (χ4n) is 1.45. The second-order valence-electron chi connectivity index (χ2n) is 6.22. The van der Waals surface area contributed by atoms with Crippen LogP contribution in [0.5, 0.6) is 0 Å². The van der Waals surface area contributed by atoms with Crippen molar-refractivity contribution in [2.45, 2.75) is 46.6 Å². The minimum atomic E-state index is -0.476. The van der Waals surface area contributed by atoms with Gasteiger partial charge in [-0.25, -0.2) is 4.79 Å². The zero-order valence-electron chi connectivity index (χ0n) is 14.5. The molecule has 7 heteroatoms. The summed E-state index contributed by atoms with van der Waals surface area (Å²) in [7, 11) is 0. The highest BCUT2D eigenvalue weighted by Crippen LogP contribution is 2.06. The first-order chi connectivity index (χ1) is 10.3. The summed E-state index contributed by atoms with van der Waals surface area (Å²) in [6, 6.07) is 0. The Morgan fingerprint density at radius 3 is 2.41 bits per heavy atom. The van der Waals surface area contributed by atoms with Crippen LogP contribution in [0.1, 0.15) is 41.0 Å². The molecule has 7 nitrogen and oxygen atoms in total. The van der Waals surface area contributed by atoms with E-state index in [-0.39, 0.29) is 12.5 Å². The predicted octanol–water partition coefficient (Wildman–Crippen LogP) is 1.08. The molecule has 0 aliphatic rings. The lowest BCUT2D eigenvalue weighted by Gasteiger charge is -2.19. The predicted molar refractivity (Wildman–Crippen MR) is 89.1 cm³/mol. The zero-order chi connectivity index (χ0) is 17.0. The van der Waals surface area contributed by atoms with Gasteiger partial charge >= 0.3 is 6.09 Å². The minimum Gasteiger partial charge on any atom is -0.444 e. The Balaban J connectivity index is 3.92. The first-order valence-corrected chi connectivity index (χ1v) is 7.88. The molecule has 1 amide bonds. The van der Waals surface area contributed by atoms with Crippen molar-refractivity contribution in [2.24, 2.45) is 10.9 Å². The summed E-state index contributed by atoms with van der Waals surface area (Å²) in [6.07, 6.45) is 0.365. The molecule has 0 rings (SSSR count). The van der Waals surface area contributed by atoms with Crippen LogP contribution in [0.2, 0.25) is 0 Å². The number of alkyl carbamates (subject to hydrolysis) is 1. The molecular formula is C15H32N4O3. The molecule has 0 aliphatic heterocycles. The molecule has 0 radical (unpaired) electrons. The van der Waals surface area contributed by atoms with Gasteiger partial charge in [-0.2, -0.15) is 0 Å². The van der Waals surface area contributed by atoms with Crippen molar-refractivity contribution in [2.75, 3.05) is 32.8 Å². The SMILES string of the molecule is CCNC(=NCC(C)CO)NCCCNC(=O)OC(C)(C)C. The Labute approximate surface area is 133 Å². The van der Waals surface area contributed by atoms with Crippen molar-refractivity contribution >= 4 is 12.1 Å². The first kappa shape index (κ1) is 20.5. The Hall–Kier alpha value is -1.50. The fraction of sp³-hybridized carbons (Fsp3) is 0.867. The molecule has 0 spiro atoms. The van der Waals surface area contributed by atoms with Crippen molar-refractivity contribution in [1.29, 1.82) is 0 Å². The molecular weight excluding hydrogens is 284 g/mol. The Morgan fingerprint density at radius 2 is 1.86 bits per heavy atom. The van der Waals surface area contributed by atoms with Gasteiger partial charge in [-0.1, -0.05) is 6.92 Å². The first-order valence-electron chi connectivity index (χ1n) is 7.88. The second-order valence-corrected chi connectivity index (χ2v) is 6.22. The third-order valence-corrected chi connectivity index (χ3v) is 2.53. The summed E-state index contributed by atoms with van der Waals surface area (Å²) in [5, 5.41) is 18.0. The maximum Gasteiger partial charge on any atom is 0.407 e. The van der Waals surface area contributed by atoms with Gasteiger partial charge in [-0.05, 0) is 40.0 Å². The monoisotopic (exact) mass is 316 g/mol. The van der Waals surface area contributed by atoms with Crippen molar-refractivity contribution in [1.82, 2.24) is 16.0 Å². The molecule has 0 aromatic heterocycles. The number of carbonyl (C=O) groups is 1. The molecule has 22 heavy (non-hydrogen) atoms. The number of aliphatic hydroxyl groups is 1. The topological polar surface area (TPSA) is 95.0 Å². The van der Waals surface area contributed by atoms with Crippen LogP contribution in [0.15, 0.2) is 4.99 Å². The summed E-state index contributed by atoms with van der Waals surface area (Å²) in [5.74, 6) is 0.865. The maximum absolute atomic E-state index is 11.5. The average Bonchev–Trinajstić information content (AvgIpc) is 2.41. The van der Waals surface area contributed by atoms with Crippen LogP contribution < -0.4 is 16.0 Å². The lowest BCUT2D eigenvalue weighted by atomic mass is 10.2. The van der Waals surface area contributed by atoms with Crippen molar-refractivity contribution in [3.63, 3.8) is 0 Å². The van der Waals surface area contributed by atoms with E-state index < -0.39 is 11.7 Å². The number of aliphatic imine (C=N–C) groups is 1. The van der Waals surface area contributed by atoms with Crippen LogP contribution in [0, 0.1) is 5.92 Å². The Kier molecular flexibility index (Phi) is 10.4. The number of ether oxygens (including phenoxy) is 1. The standard InChI is InChI=1S/C15H32N4O3/c1-6-16-13(19-10-12(2)11-20)17-8-7-9-18-14(21)22-15(3,4)5/h12,20H,6-11H2,1-5H3,(H,18,21)(H2,16,17,19). The number of aliphatic hydroxyl groups excluding tert-OH is 1. The van der Waals surface area contributed by atoms with Gasteiger partial charge in [0.1, 0.15) is 5.60 Å². The molecule has 0 aromatic carbocycles. The molecule has 0 fully saturated rings. The maximum atomic E-state index is 11.5. The van der Waals surface area contributed by atoms with E-state index in [1.807, 2.05) is 34.6 Å². The molecule has 0 aromatic rings. The minimum absolute atomic E-state index is 0.128. The van der Waals surface area contributed by atoms with Gasteiger partial charge in [0.2, 0.25) is 0 Å². The van der Waals surface area contributed by atoms with E-state index >= 15 is 0 Å². The average molecular weight is 316 g/mol. The van der Waals surface area contributed by atoms with E-state index in [9.17, 15) is 4.79 Å². The molecule has 1 atom stereocenters. The van der Waals surface area contributed by atoms with Gasteiger partial charge < -0.3 is 25.8 Å². The highest BCUT2D eigenvalue weighted by atomic mass is 16.6. The lowest BCUT2D eigenvalue weighted by Crippen LogP contribution is -2.39. The fourth-order valence-corrected chi connectivity index (χ4v) is 1.45. The molecule has 0 saturated heterocycles. The smallest absolute Gasteiger partial charge is 0.407 e. The Bertz CT molecular complexity index is 340. The van der Waals surface area contributed by atoms with E-state index in [4.69, 9.17) is 9.84 Å². The highest BCUT2D eigenvalue weighted by Gasteiger charge is 2.15. The third-order valence-electron chi connectivity index (χ3n) is 2.53. The summed E-state index contributed by atoms with van der Waals surface area (Å²) in [5.41, 5.74) is -0.476. The zero-order valence-corrected chi connectivity index (χ0v) is 14.5. The van der Waals surface area contributed by atoms with Crippen LogP contribution >= 0.6 is 0 Å². The number of nitrogens with zero attached hydrogens (tertiary/aromatic N) is 1. The molecule has 0 heterocycles. The van der Waals surface area contributed by atoms with E-state index in [1.54, 1.807) is 0 Å². The number of rotatable bonds is 8. The molecule has 4 N–H and O–H groups in total. The van der Waals surface area contributed by atoms with Gasteiger partial charge in [0, 0.05) is 32.8 Å². The summed E-state index contributed by atoms with van der Waals surface area (Å²) in [6.45, 7) is 12.1. The highest BCUT2D eigenvalue weighted by molar-refractivity contribution is 5.79. The number of hydrogen-bond donors (Lipinski definition) is 4. The second kappa shape index (κ2) is 11.1. The lowest BCUT2D eigenvalue weighted by molar-refractivity contribution is 0.0527. The van der Waals surface area contributed by atoms with Crippen molar-refractivity contribution in [3.8, 4) is 0 Å². The number of hydrogen-bond acceptors (Lipinski definition) is 4. The van der Waals surface area contributed by atoms with E-state index in [0.717, 1.165) is 18.9 Å². The van der Waals surface area contributed by atoms with Crippen LogP contribution in [0.25, 0.3) is 0 Å². The van der Waals surface area contributed by atoms with E-state index in [1.165, 1.54) is 0 Å². The Morgan fingerprint density at radius 1 is 1.23 bits per heavy atom. The molecule has 130 valence electrons. The molecule has 0 bridgehead atoms. The van der Waals surface area contributed by atoms with Gasteiger partial charge in [-0.15, -0.1) is 0 Å². The molecule has 1 unspecified atom stereocenters. The van der Waals surface area contributed by atoms with Gasteiger partial charge in [-0.3, -0.25) is 4.99 Å². The van der Waals surface area contributed by atoms with Crippen LogP contribution in [-0.2, 0) is 4.74 Å². The molecule has 0 aliphatic carbocycles. The van der Waals surface area contributed by atoms with Crippen molar-refractivity contribution in [3.05, 3.63) is 0 Å². The van der Waals surface area contributed by atoms with Crippen molar-refractivity contribution < 1.29 is 14.6 Å². The van der Waals surface area contributed by atoms with Gasteiger partial charge in [0.25, 0.3) is 0 Å². The molecule has 0 saturated carbocycles. The van der Waals surface area contributed by atoms with Gasteiger partial charge in [0.05, 0.1) is 0 Å². The number of carbonyl (C=O) groups excluding carboxylic acids is 1. The summed E-state index contributed by atoms with van der Waals surface area (Å²) < 4.78 is 5.15. The van der Waals surface area contributed by atoms with E-state index in [0.29, 0.717) is 19.6 Å². The number of amides is 1. The van der Waals surface area contributed by atoms with Crippen LogP contribution in [0.3, 0.4) is 0 Å². The van der Waals surface area contributed by atoms with Crippen LogP contribution in [-0.4, -0.2) is 55.5 Å². The quantitative estimate of drug-likeness (QED) is 0.305. The normalized spacial score (nSPS) is 13.5. The van der Waals surface area contributed by atoms with Gasteiger partial charge in [0.15, 0.2) is 5.96 Å². The van der Waals surface area contributed by atoms with Crippen LogP contribution in [0.4, 0.5) is 4.79 Å².